The third-order valence-electron chi connectivity index (χ3n) is 2.69. The van der Waals surface area contributed by atoms with E-state index in [1.165, 1.54) is 0 Å². The largest absolute Gasteiger partial charge is 0.378 e. The molecule has 2 bridgehead atoms. The zero-order valence-corrected chi connectivity index (χ0v) is 5.30. The first-order valence-corrected chi connectivity index (χ1v) is 3.41. The van der Waals surface area contributed by atoms with Crippen LogP contribution in [0.5, 0.6) is 0 Å². The van der Waals surface area contributed by atoms with Crippen LogP contribution in [0.25, 0.3) is 0 Å². The molecule has 2 saturated heterocycles. The van der Waals surface area contributed by atoms with E-state index in [2.05, 4.69) is 5.32 Å². The monoisotopic (exact) mass is 128 g/mol. The van der Waals surface area contributed by atoms with Crippen molar-refractivity contribution in [3.05, 3.63) is 0 Å². The predicted octanol–water partition coefficient (Wildman–Crippen LogP) is -0.984. The Morgan fingerprint density at radius 1 is 1.67 bits per heavy atom. The van der Waals surface area contributed by atoms with Gasteiger partial charge < -0.3 is 10.8 Å². The van der Waals surface area contributed by atoms with Gasteiger partial charge in [0.2, 0.25) is 0 Å². The summed E-state index contributed by atoms with van der Waals surface area (Å²) in [5.74, 6) is 0. The van der Waals surface area contributed by atoms with Crippen LogP contribution in [-0.4, -0.2) is 23.9 Å². The van der Waals surface area contributed by atoms with Crippen molar-refractivity contribution in [3.63, 3.8) is 0 Å². The standard InChI is InChI=1S/C6H12N2O/c7-3-6-1-4(2-6)8-5(6)9/h4-5,8-9H,1-3,7H2. The van der Waals surface area contributed by atoms with Crippen molar-refractivity contribution in [2.24, 2.45) is 11.1 Å². The molecule has 3 rings (SSSR count). The van der Waals surface area contributed by atoms with Crippen LogP contribution in [0.15, 0.2) is 0 Å². The molecule has 1 saturated carbocycles. The number of aliphatic hydroxyl groups excluding tert-OH is 1. The van der Waals surface area contributed by atoms with E-state index in [4.69, 9.17) is 5.73 Å². The Kier molecular flexibility index (Phi) is 0.928. The zero-order chi connectivity index (χ0) is 6.48. The molecular weight excluding hydrogens is 116 g/mol. The summed E-state index contributed by atoms with van der Waals surface area (Å²) < 4.78 is 0. The first kappa shape index (κ1) is 5.65. The van der Waals surface area contributed by atoms with E-state index in [-0.39, 0.29) is 11.6 Å². The highest BCUT2D eigenvalue weighted by molar-refractivity contribution is 5.09. The molecule has 0 aromatic carbocycles. The van der Waals surface area contributed by atoms with Gasteiger partial charge in [-0.3, -0.25) is 5.32 Å². The van der Waals surface area contributed by atoms with Gasteiger partial charge in [0.05, 0.1) is 0 Å². The summed E-state index contributed by atoms with van der Waals surface area (Å²) in [6.45, 7) is 0.623. The summed E-state index contributed by atoms with van der Waals surface area (Å²) in [4.78, 5) is 0. The quantitative estimate of drug-likeness (QED) is 0.425. The number of nitrogens with one attached hydrogen (secondary N) is 1. The lowest BCUT2D eigenvalue weighted by Crippen LogP contribution is -2.43. The van der Waals surface area contributed by atoms with Crippen molar-refractivity contribution >= 4 is 0 Å². The molecule has 3 nitrogen and oxygen atoms in total. The molecule has 3 aliphatic rings. The van der Waals surface area contributed by atoms with Crippen LogP contribution in [0.3, 0.4) is 0 Å². The molecule has 1 atom stereocenters. The summed E-state index contributed by atoms with van der Waals surface area (Å²) in [6.07, 6.45) is 1.82. The van der Waals surface area contributed by atoms with E-state index >= 15 is 0 Å². The number of nitrogens with two attached hydrogens (primary N) is 1. The molecule has 3 fully saturated rings. The minimum Gasteiger partial charge on any atom is -0.378 e. The van der Waals surface area contributed by atoms with Gasteiger partial charge in [-0.1, -0.05) is 0 Å². The summed E-state index contributed by atoms with van der Waals surface area (Å²) >= 11 is 0. The lowest BCUT2D eigenvalue weighted by atomic mass is 9.69. The van der Waals surface area contributed by atoms with Crippen LogP contribution in [-0.2, 0) is 0 Å². The molecule has 4 N–H and O–H groups in total. The molecule has 2 aliphatic heterocycles. The SMILES string of the molecule is NCC12CC(C1)NC2O. The Bertz CT molecular complexity index is 131. The van der Waals surface area contributed by atoms with Crippen molar-refractivity contribution in [1.29, 1.82) is 0 Å². The summed E-state index contributed by atoms with van der Waals surface area (Å²) in [6, 6.07) is 0.559. The summed E-state index contributed by atoms with van der Waals surface area (Å²) in [5, 5.41) is 12.4. The average molecular weight is 128 g/mol. The Morgan fingerprint density at radius 3 is 2.56 bits per heavy atom. The molecule has 0 spiro atoms. The van der Waals surface area contributed by atoms with Crippen molar-refractivity contribution in [1.82, 2.24) is 5.32 Å². The Morgan fingerprint density at radius 2 is 2.33 bits per heavy atom. The maximum absolute atomic E-state index is 9.30. The van der Waals surface area contributed by atoms with Crippen LogP contribution < -0.4 is 11.1 Å². The lowest BCUT2D eigenvalue weighted by molar-refractivity contribution is 0.0404. The average Bonchev–Trinajstić information content (AvgIpc) is 2.17. The van der Waals surface area contributed by atoms with Crippen molar-refractivity contribution < 1.29 is 5.11 Å². The minimum absolute atomic E-state index is 0.0602. The third kappa shape index (κ3) is 0.520. The number of hydrogen-bond donors (Lipinski definition) is 3. The minimum atomic E-state index is -0.326. The van der Waals surface area contributed by atoms with Gasteiger partial charge in [0.25, 0.3) is 0 Å². The summed E-state index contributed by atoms with van der Waals surface area (Å²) in [7, 11) is 0. The van der Waals surface area contributed by atoms with Crippen molar-refractivity contribution in [2.45, 2.75) is 25.1 Å². The van der Waals surface area contributed by atoms with Crippen LogP contribution in [0.4, 0.5) is 0 Å². The molecule has 9 heavy (non-hydrogen) atoms. The van der Waals surface area contributed by atoms with Crippen LogP contribution in [0.2, 0.25) is 0 Å². The first-order chi connectivity index (χ1) is 4.27. The fourth-order valence-electron chi connectivity index (χ4n) is 1.94. The molecule has 52 valence electrons. The smallest absolute Gasteiger partial charge is 0.112 e. The molecule has 3 heteroatoms. The molecule has 0 radical (unpaired) electrons. The van der Waals surface area contributed by atoms with Crippen LogP contribution >= 0.6 is 0 Å². The molecule has 0 aromatic heterocycles. The van der Waals surface area contributed by atoms with E-state index in [1.54, 1.807) is 0 Å². The van der Waals surface area contributed by atoms with E-state index in [9.17, 15) is 5.11 Å². The highest BCUT2D eigenvalue weighted by atomic mass is 16.3. The van der Waals surface area contributed by atoms with E-state index in [0.29, 0.717) is 12.6 Å². The van der Waals surface area contributed by atoms with Gasteiger partial charge in [-0.15, -0.1) is 0 Å². The van der Waals surface area contributed by atoms with Gasteiger partial charge in [-0.25, -0.2) is 0 Å². The fourth-order valence-corrected chi connectivity index (χ4v) is 1.94. The summed E-state index contributed by atoms with van der Waals surface area (Å²) in [5.41, 5.74) is 5.56. The van der Waals surface area contributed by atoms with Gasteiger partial charge in [-0.05, 0) is 12.8 Å². The highest BCUT2D eigenvalue weighted by Gasteiger charge is 2.55. The molecule has 1 unspecified atom stereocenters. The Hall–Kier alpha value is -0.120. The number of hydrogen-bond acceptors (Lipinski definition) is 3. The van der Waals surface area contributed by atoms with Gasteiger partial charge in [0.15, 0.2) is 0 Å². The second-order valence-electron chi connectivity index (χ2n) is 3.24. The van der Waals surface area contributed by atoms with E-state index in [1.807, 2.05) is 0 Å². The van der Waals surface area contributed by atoms with Crippen LogP contribution in [0.1, 0.15) is 12.8 Å². The predicted molar refractivity (Wildman–Crippen MR) is 33.7 cm³/mol. The zero-order valence-electron chi connectivity index (χ0n) is 5.30. The van der Waals surface area contributed by atoms with Gasteiger partial charge in [0.1, 0.15) is 6.23 Å². The van der Waals surface area contributed by atoms with Crippen molar-refractivity contribution in [3.8, 4) is 0 Å². The first-order valence-electron chi connectivity index (χ1n) is 3.41. The van der Waals surface area contributed by atoms with Crippen LogP contribution in [0, 0.1) is 5.41 Å². The number of fused-ring (bicyclic) bond motifs is 1. The topological polar surface area (TPSA) is 58.3 Å². The van der Waals surface area contributed by atoms with E-state index < -0.39 is 0 Å². The lowest BCUT2D eigenvalue weighted by Gasteiger charge is -2.36. The maximum atomic E-state index is 9.30. The molecule has 2 heterocycles. The highest BCUT2D eigenvalue weighted by Crippen LogP contribution is 2.48. The Labute approximate surface area is 54.2 Å². The van der Waals surface area contributed by atoms with Gasteiger partial charge in [0, 0.05) is 18.0 Å². The number of aliphatic hydroxyl groups is 1. The van der Waals surface area contributed by atoms with Gasteiger partial charge in [-0.2, -0.15) is 0 Å². The molecule has 0 aromatic rings. The second kappa shape index (κ2) is 1.48. The fraction of sp³-hybridized carbons (Fsp3) is 1.00. The van der Waals surface area contributed by atoms with Crippen molar-refractivity contribution in [2.75, 3.05) is 6.54 Å². The third-order valence-corrected chi connectivity index (χ3v) is 2.69. The number of rotatable bonds is 1. The Balaban J connectivity index is 2.15. The maximum Gasteiger partial charge on any atom is 0.112 e. The molecule has 1 aliphatic carbocycles. The van der Waals surface area contributed by atoms with E-state index in [0.717, 1.165) is 12.8 Å². The normalized spacial score (nSPS) is 55.3. The second-order valence-corrected chi connectivity index (χ2v) is 3.24. The molecular formula is C6H12N2O. The molecule has 0 amide bonds. The van der Waals surface area contributed by atoms with Gasteiger partial charge >= 0.3 is 0 Å².